The highest BCUT2D eigenvalue weighted by atomic mass is 19.1. The fraction of sp³-hybridized carbons (Fsp3) is 0.533. The van der Waals surface area contributed by atoms with Crippen LogP contribution in [0.4, 0.5) is 10.1 Å². The third kappa shape index (κ3) is 4.90. The maximum absolute atomic E-state index is 13.0. The van der Waals surface area contributed by atoms with Crippen molar-refractivity contribution in [3.8, 4) is 0 Å². The van der Waals surface area contributed by atoms with E-state index < -0.39 is 0 Å². The van der Waals surface area contributed by atoms with Gasteiger partial charge in [0.15, 0.2) is 6.54 Å². The third-order valence-electron chi connectivity index (χ3n) is 3.42. The average molecular weight is 281 g/mol. The number of ether oxygens (including phenoxy) is 1. The number of nitrogens with one attached hydrogen (secondary N) is 2. The molecular weight excluding hydrogens is 259 g/mol. The molecule has 1 unspecified atom stereocenters. The number of benzene rings is 1. The van der Waals surface area contributed by atoms with Crippen molar-refractivity contribution in [3.05, 3.63) is 30.1 Å². The van der Waals surface area contributed by atoms with Crippen LogP contribution in [-0.4, -0.2) is 38.8 Å². The van der Waals surface area contributed by atoms with E-state index in [0.29, 0.717) is 12.2 Å². The Morgan fingerprint density at radius 3 is 3.05 bits per heavy atom. The lowest BCUT2D eigenvalue weighted by Crippen LogP contribution is -3.11. The molecule has 1 aromatic carbocycles. The van der Waals surface area contributed by atoms with Gasteiger partial charge in [-0.2, -0.15) is 0 Å². The molecule has 1 heterocycles. The molecule has 1 aliphatic rings. The minimum atomic E-state index is -0.348. The lowest BCUT2D eigenvalue weighted by Gasteiger charge is -2.24. The first-order valence-corrected chi connectivity index (χ1v) is 7.12. The molecule has 0 radical (unpaired) electrons. The Morgan fingerprint density at radius 2 is 2.35 bits per heavy atom. The molecule has 2 N–H and O–H groups in total. The van der Waals surface area contributed by atoms with Crippen molar-refractivity contribution in [3.63, 3.8) is 0 Å². The Balaban J connectivity index is 1.75. The average Bonchev–Trinajstić information content (AvgIpc) is 2.39. The number of hydrogen-bond donors (Lipinski definition) is 2. The van der Waals surface area contributed by atoms with Crippen LogP contribution in [0.25, 0.3) is 0 Å². The second-order valence-electron chi connectivity index (χ2n) is 5.39. The fourth-order valence-corrected chi connectivity index (χ4v) is 2.47. The lowest BCUT2D eigenvalue weighted by atomic mass is 10.1. The van der Waals surface area contributed by atoms with E-state index in [1.165, 1.54) is 18.6 Å². The summed E-state index contributed by atoms with van der Waals surface area (Å²) in [6.45, 7) is 2.01. The number of quaternary nitrogens is 1. The summed E-state index contributed by atoms with van der Waals surface area (Å²) in [5.74, 6) is -0.456. The zero-order valence-electron chi connectivity index (χ0n) is 11.8. The van der Waals surface area contributed by atoms with Gasteiger partial charge in [0.1, 0.15) is 18.5 Å². The molecule has 1 aromatic rings. The largest absolute Gasteiger partial charge is 0.372 e. The van der Waals surface area contributed by atoms with E-state index in [0.717, 1.165) is 30.9 Å². The molecule has 2 atom stereocenters. The van der Waals surface area contributed by atoms with Crippen molar-refractivity contribution < 1.29 is 18.8 Å². The molecule has 0 bridgehead atoms. The van der Waals surface area contributed by atoms with Crippen molar-refractivity contribution in [2.24, 2.45) is 0 Å². The predicted molar refractivity (Wildman–Crippen MR) is 75.2 cm³/mol. The van der Waals surface area contributed by atoms with Crippen LogP contribution in [0.15, 0.2) is 24.3 Å². The first-order chi connectivity index (χ1) is 9.63. The molecular formula is C15H22FN2O2+. The predicted octanol–water partition coefficient (Wildman–Crippen LogP) is 0.848. The molecule has 1 saturated heterocycles. The number of amides is 1. The molecule has 1 amide bonds. The zero-order valence-corrected chi connectivity index (χ0v) is 11.8. The van der Waals surface area contributed by atoms with Crippen LogP contribution in [0.1, 0.15) is 19.3 Å². The summed E-state index contributed by atoms with van der Waals surface area (Å²) in [6, 6.07) is 5.93. The quantitative estimate of drug-likeness (QED) is 0.840. The molecule has 0 saturated carbocycles. The summed E-state index contributed by atoms with van der Waals surface area (Å²) in [5, 5.41) is 2.71. The van der Waals surface area contributed by atoms with E-state index >= 15 is 0 Å². The number of halogens is 1. The highest BCUT2D eigenvalue weighted by Crippen LogP contribution is 2.11. The van der Waals surface area contributed by atoms with Gasteiger partial charge in [-0.05, 0) is 37.5 Å². The normalized spacial score (nSPS) is 20.4. The zero-order chi connectivity index (χ0) is 14.4. The van der Waals surface area contributed by atoms with Crippen LogP contribution in [0.3, 0.4) is 0 Å². The molecule has 2 rings (SSSR count). The number of rotatable bonds is 5. The summed E-state index contributed by atoms with van der Waals surface area (Å²) in [4.78, 5) is 13.0. The maximum atomic E-state index is 13.0. The van der Waals surface area contributed by atoms with Crippen LogP contribution in [0, 0.1) is 5.82 Å². The first-order valence-electron chi connectivity index (χ1n) is 7.12. The van der Waals surface area contributed by atoms with E-state index in [2.05, 4.69) is 5.32 Å². The van der Waals surface area contributed by atoms with Gasteiger partial charge in [0.05, 0.1) is 7.05 Å². The van der Waals surface area contributed by atoms with Gasteiger partial charge in [-0.1, -0.05) is 6.07 Å². The first kappa shape index (κ1) is 14.9. The van der Waals surface area contributed by atoms with Crippen LogP contribution < -0.4 is 10.2 Å². The second-order valence-corrected chi connectivity index (χ2v) is 5.39. The monoisotopic (exact) mass is 281 g/mol. The number of carbonyl (C=O) groups excluding carboxylic acids is 1. The topological polar surface area (TPSA) is 42.8 Å². The van der Waals surface area contributed by atoms with Gasteiger partial charge in [-0.25, -0.2) is 4.39 Å². The number of carbonyl (C=O) groups is 1. The van der Waals surface area contributed by atoms with Crippen molar-refractivity contribution in [2.45, 2.75) is 25.4 Å². The summed E-state index contributed by atoms with van der Waals surface area (Å²) in [6.07, 6.45) is 3.66. The highest BCUT2D eigenvalue weighted by Gasteiger charge is 2.19. The van der Waals surface area contributed by atoms with Crippen LogP contribution in [0.2, 0.25) is 0 Å². The lowest BCUT2D eigenvalue weighted by molar-refractivity contribution is -0.874. The van der Waals surface area contributed by atoms with Gasteiger partial charge in [-0.15, -0.1) is 0 Å². The van der Waals surface area contributed by atoms with Crippen LogP contribution in [-0.2, 0) is 9.53 Å². The Labute approximate surface area is 118 Å². The Bertz CT molecular complexity index is 447. The highest BCUT2D eigenvalue weighted by molar-refractivity contribution is 5.91. The molecule has 1 fully saturated rings. The molecule has 110 valence electrons. The van der Waals surface area contributed by atoms with Gasteiger partial charge in [0, 0.05) is 12.3 Å². The smallest absolute Gasteiger partial charge is 0.279 e. The van der Waals surface area contributed by atoms with Gasteiger partial charge < -0.3 is 15.0 Å². The van der Waals surface area contributed by atoms with Crippen molar-refractivity contribution >= 4 is 11.6 Å². The van der Waals surface area contributed by atoms with Gasteiger partial charge >= 0.3 is 0 Å². The number of anilines is 1. The van der Waals surface area contributed by atoms with Crippen LogP contribution in [0.5, 0.6) is 0 Å². The number of likely N-dealkylation sites (N-methyl/N-ethyl adjacent to an activating group) is 1. The van der Waals surface area contributed by atoms with E-state index in [-0.39, 0.29) is 17.8 Å². The summed E-state index contributed by atoms with van der Waals surface area (Å²) in [7, 11) is 1.98. The minimum absolute atomic E-state index is 0.107. The molecule has 0 aromatic heterocycles. The second kappa shape index (κ2) is 7.36. The minimum Gasteiger partial charge on any atom is -0.372 e. The van der Waals surface area contributed by atoms with E-state index in [1.54, 1.807) is 12.1 Å². The standard InChI is InChI=1S/C15H21FN2O2/c1-18(10-14-7-2-3-8-20-14)11-15(19)17-13-6-4-5-12(16)9-13/h4-6,9,14H,2-3,7-8,10-11H2,1H3,(H,17,19)/p+1/t14-/m1/s1. The molecule has 20 heavy (non-hydrogen) atoms. The third-order valence-corrected chi connectivity index (χ3v) is 3.42. The Kier molecular flexibility index (Phi) is 5.49. The summed E-state index contributed by atoms with van der Waals surface area (Å²) >= 11 is 0. The van der Waals surface area contributed by atoms with Crippen molar-refractivity contribution in [2.75, 3.05) is 32.1 Å². The van der Waals surface area contributed by atoms with Crippen LogP contribution >= 0.6 is 0 Å². The molecule has 4 nitrogen and oxygen atoms in total. The van der Waals surface area contributed by atoms with Gasteiger partial charge in [0.2, 0.25) is 0 Å². The van der Waals surface area contributed by atoms with E-state index in [1.807, 2.05) is 7.05 Å². The number of hydrogen-bond acceptors (Lipinski definition) is 2. The molecule has 0 spiro atoms. The Morgan fingerprint density at radius 1 is 1.50 bits per heavy atom. The SMILES string of the molecule is C[NH+](CC(=O)Nc1cccc(F)c1)C[C@H]1CCCCO1. The Hall–Kier alpha value is -1.46. The molecule has 1 aliphatic heterocycles. The fourth-order valence-electron chi connectivity index (χ4n) is 2.47. The molecule has 5 heteroatoms. The maximum Gasteiger partial charge on any atom is 0.279 e. The summed E-state index contributed by atoms with van der Waals surface area (Å²) < 4.78 is 18.7. The molecule has 0 aliphatic carbocycles. The summed E-state index contributed by atoms with van der Waals surface area (Å²) in [5.41, 5.74) is 0.497. The van der Waals surface area contributed by atoms with E-state index in [4.69, 9.17) is 4.74 Å². The van der Waals surface area contributed by atoms with Gasteiger partial charge in [0.25, 0.3) is 5.91 Å². The van der Waals surface area contributed by atoms with Crippen molar-refractivity contribution in [1.82, 2.24) is 0 Å². The van der Waals surface area contributed by atoms with Crippen molar-refractivity contribution in [1.29, 1.82) is 0 Å². The van der Waals surface area contributed by atoms with E-state index in [9.17, 15) is 9.18 Å². The van der Waals surface area contributed by atoms with Gasteiger partial charge in [-0.3, -0.25) is 4.79 Å².